The van der Waals surface area contributed by atoms with Crippen LogP contribution >= 0.6 is 11.3 Å². The van der Waals surface area contributed by atoms with Crippen LogP contribution in [-0.4, -0.2) is 32.8 Å². The van der Waals surface area contributed by atoms with Crippen molar-refractivity contribution in [2.24, 2.45) is 7.05 Å². The van der Waals surface area contributed by atoms with Crippen molar-refractivity contribution in [2.45, 2.75) is 45.6 Å². The number of piperidine rings is 1. The van der Waals surface area contributed by atoms with Crippen molar-refractivity contribution in [1.29, 1.82) is 0 Å². The van der Waals surface area contributed by atoms with Gasteiger partial charge in [0.25, 0.3) is 0 Å². The van der Waals surface area contributed by atoms with Crippen molar-refractivity contribution in [3.8, 4) is 0 Å². The van der Waals surface area contributed by atoms with Crippen LogP contribution in [0.5, 0.6) is 0 Å². The lowest BCUT2D eigenvalue weighted by atomic mass is 9.70. The van der Waals surface area contributed by atoms with E-state index in [2.05, 4.69) is 66.5 Å². The molecule has 4 nitrogen and oxygen atoms in total. The predicted molar refractivity (Wildman–Crippen MR) is 111 cm³/mol. The van der Waals surface area contributed by atoms with Crippen molar-refractivity contribution in [3.05, 3.63) is 68.9 Å². The molecule has 0 amide bonds. The maximum Gasteiger partial charge on any atom is 0.0897 e. The molecule has 3 heterocycles. The second-order valence-corrected chi connectivity index (χ2v) is 8.81. The number of thiazole rings is 1. The van der Waals surface area contributed by atoms with Crippen LogP contribution in [0.1, 0.15) is 46.1 Å². The first-order valence-electron chi connectivity index (χ1n) is 9.69. The van der Waals surface area contributed by atoms with Gasteiger partial charge < -0.3 is 0 Å². The number of aryl methyl sites for hydroxylation is 3. The van der Waals surface area contributed by atoms with Gasteiger partial charge in [-0.15, -0.1) is 11.3 Å². The van der Waals surface area contributed by atoms with E-state index in [-0.39, 0.29) is 5.41 Å². The molecule has 0 radical (unpaired) electrons. The summed E-state index contributed by atoms with van der Waals surface area (Å²) in [7, 11) is 2.03. The highest BCUT2D eigenvalue weighted by Gasteiger charge is 2.39. The van der Waals surface area contributed by atoms with Gasteiger partial charge in [-0.3, -0.25) is 9.58 Å². The summed E-state index contributed by atoms with van der Waals surface area (Å²) in [5.41, 5.74) is 6.52. The van der Waals surface area contributed by atoms with E-state index in [1.165, 1.54) is 22.5 Å². The molecule has 0 atom stereocenters. The summed E-state index contributed by atoms with van der Waals surface area (Å²) in [6.07, 6.45) is 2.22. The number of aromatic nitrogens is 3. The second kappa shape index (κ2) is 7.21. The zero-order chi connectivity index (χ0) is 19.0. The highest BCUT2D eigenvalue weighted by atomic mass is 32.1. The smallest absolute Gasteiger partial charge is 0.0897 e. The first kappa shape index (κ1) is 18.4. The molecule has 1 aliphatic rings. The molecule has 27 heavy (non-hydrogen) atoms. The Morgan fingerprint density at radius 1 is 1.07 bits per heavy atom. The SMILES string of the molecule is Cc1nc(C2(c3ccccc3)CCN(Cc3c(C)nn(C)c3C)CC2)cs1. The zero-order valence-electron chi connectivity index (χ0n) is 16.7. The van der Waals surface area contributed by atoms with E-state index >= 15 is 0 Å². The van der Waals surface area contributed by atoms with Gasteiger partial charge >= 0.3 is 0 Å². The molecule has 0 bridgehead atoms. The molecule has 2 aromatic heterocycles. The fourth-order valence-electron chi connectivity index (χ4n) is 4.40. The summed E-state index contributed by atoms with van der Waals surface area (Å²) in [6, 6.07) is 11.0. The Balaban J connectivity index is 1.58. The van der Waals surface area contributed by atoms with E-state index in [9.17, 15) is 0 Å². The molecular weight excluding hydrogens is 352 g/mol. The monoisotopic (exact) mass is 380 g/mol. The van der Waals surface area contributed by atoms with Crippen LogP contribution in [0.15, 0.2) is 35.7 Å². The summed E-state index contributed by atoms with van der Waals surface area (Å²) in [4.78, 5) is 7.49. The molecule has 0 N–H and O–H groups in total. The van der Waals surface area contributed by atoms with Gasteiger partial charge in [0, 0.05) is 35.6 Å². The summed E-state index contributed by atoms with van der Waals surface area (Å²) in [6.45, 7) is 9.56. The van der Waals surface area contributed by atoms with Gasteiger partial charge in [-0.25, -0.2) is 4.98 Å². The van der Waals surface area contributed by atoms with Gasteiger partial charge in [0.15, 0.2) is 0 Å². The van der Waals surface area contributed by atoms with Gasteiger partial charge in [-0.1, -0.05) is 30.3 Å². The predicted octanol–water partition coefficient (Wildman–Crippen LogP) is 4.38. The molecule has 0 aliphatic carbocycles. The van der Waals surface area contributed by atoms with Crippen molar-refractivity contribution in [1.82, 2.24) is 19.7 Å². The molecule has 0 spiro atoms. The van der Waals surface area contributed by atoms with E-state index in [4.69, 9.17) is 4.98 Å². The van der Waals surface area contributed by atoms with Crippen LogP contribution in [0.2, 0.25) is 0 Å². The van der Waals surface area contributed by atoms with Crippen molar-refractivity contribution < 1.29 is 0 Å². The largest absolute Gasteiger partial charge is 0.299 e. The van der Waals surface area contributed by atoms with E-state index in [0.29, 0.717) is 0 Å². The Kier molecular flexibility index (Phi) is 4.91. The molecule has 1 aromatic carbocycles. The molecule has 0 saturated carbocycles. The molecule has 1 aliphatic heterocycles. The minimum absolute atomic E-state index is 0.0432. The zero-order valence-corrected chi connectivity index (χ0v) is 17.5. The Morgan fingerprint density at radius 3 is 2.33 bits per heavy atom. The molecule has 3 aromatic rings. The minimum Gasteiger partial charge on any atom is -0.299 e. The standard InChI is InChI=1S/C22H28N4S/c1-16-20(17(2)25(4)24-16)14-26-12-10-22(11-13-26,19-8-6-5-7-9-19)21-15-27-18(3)23-21/h5-9,15H,10-14H2,1-4H3. The van der Waals surface area contributed by atoms with Crippen LogP contribution in [0, 0.1) is 20.8 Å². The summed E-state index contributed by atoms with van der Waals surface area (Å²) in [5.74, 6) is 0. The summed E-state index contributed by atoms with van der Waals surface area (Å²) >= 11 is 1.77. The quantitative estimate of drug-likeness (QED) is 0.673. The van der Waals surface area contributed by atoms with Crippen molar-refractivity contribution in [2.75, 3.05) is 13.1 Å². The maximum atomic E-state index is 4.91. The Bertz CT molecular complexity index is 917. The van der Waals surface area contributed by atoms with Gasteiger partial charge in [-0.2, -0.15) is 5.10 Å². The van der Waals surface area contributed by atoms with E-state index in [0.717, 1.165) is 43.2 Å². The molecule has 0 unspecified atom stereocenters. The molecule has 142 valence electrons. The number of hydrogen-bond acceptors (Lipinski definition) is 4. The minimum atomic E-state index is 0.0432. The van der Waals surface area contributed by atoms with Crippen LogP contribution in [-0.2, 0) is 19.0 Å². The molecule has 5 heteroatoms. The second-order valence-electron chi connectivity index (χ2n) is 7.75. The number of benzene rings is 1. The third kappa shape index (κ3) is 3.34. The highest BCUT2D eigenvalue weighted by Crippen LogP contribution is 2.42. The van der Waals surface area contributed by atoms with Gasteiger partial charge in [0.2, 0.25) is 0 Å². The van der Waals surface area contributed by atoms with Crippen molar-refractivity contribution in [3.63, 3.8) is 0 Å². The van der Waals surface area contributed by atoms with Crippen LogP contribution in [0.4, 0.5) is 0 Å². The highest BCUT2D eigenvalue weighted by molar-refractivity contribution is 7.09. The third-order valence-corrected chi connectivity index (χ3v) is 6.96. The lowest BCUT2D eigenvalue weighted by Crippen LogP contribution is -2.43. The fourth-order valence-corrected chi connectivity index (χ4v) is 5.11. The normalized spacial score (nSPS) is 17.3. The number of nitrogens with zero attached hydrogens (tertiary/aromatic N) is 4. The first-order valence-corrected chi connectivity index (χ1v) is 10.6. The topological polar surface area (TPSA) is 34.0 Å². The van der Waals surface area contributed by atoms with E-state index in [1.807, 2.05) is 11.7 Å². The summed E-state index contributed by atoms with van der Waals surface area (Å²) < 4.78 is 2.00. The Labute approximate surface area is 165 Å². The maximum absolute atomic E-state index is 4.91. The fraction of sp³-hybridized carbons (Fsp3) is 0.455. The van der Waals surface area contributed by atoms with Gasteiger partial charge in [0.1, 0.15) is 0 Å². The lowest BCUT2D eigenvalue weighted by molar-refractivity contribution is 0.170. The van der Waals surface area contributed by atoms with Crippen molar-refractivity contribution >= 4 is 11.3 Å². The Morgan fingerprint density at radius 2 is 1.78 bits per heavy atom. The first-order chi connectivity index (χ1) is 13.0. The average molecular weight is 381 g/mol. The van der Waals surface area contributed by atoms with Gasteiger partial charge in [0.05, 0.1) is 16.4 Å². The van der Waals surface area contributed by atoms with Crippen LogP contribution < -0.4 is 0 Å². The van der Waals surface area contributed by atoms with E-state index in [1.54, 1.807) is 11.3 Å². The number of hydrogen-bond donors (Lipinski definition) is 0. The van der Waals surface area contributed by atoms with Crippen LogP contribution in [0.25, 0.3) is 0 Å². The Hall–Kier alpha value is -1.98. The molecule has 1 fully saturated rings. The number of rotatable bonds is 4. The lowest BCUT2D eigenvalue weighted by Gasteiger charge is -2.41. The van der Waals surface area contributed by atoms with Crippen LogP contribution in [0.3, 0.4) is 0 Å². The molecule has 1 saturated heterocycles. The third-order valence-electron chi connectivity index (χ3n) is 6.19. The summed E-state index contributed by atoms with van der Waals surface area (Å²) in [5, 5.41) is 8.01. The van der Waals surface area contributed by atoms with E-state index < -0.39 is 0 Å². The van der Waals surface area contributed by atoms with Gasteiger partial charge in [-0.05, 0) is 52.3 Å². The average Bonchev–Trinajstić information content (AvgIpc) is 3.22. The molecule has 4 rings (SSSR count). The molecular formula is C22H28N4S. The number of likely N-dealkylation sites (tertiary alicyclic amines) is 1.